The third-order valence-electron chi connectivity index (χ3n) is 3.21. The normalized spacial score (nSPS) is 10.4. The third kappa shape index (κ3) is 3.60. The summed E-state index contributed by atoms with van der Waals surface area (Å²) in [6, 6.07) is 5.31. The molecule has 5 heteroatoms. The molecule has 0 atom stereocenters. The van der Waals surface area contributed by atoms with Gasteiger partial charge in [0.1, 0.15) is 0 Å². The number of aromatic nitrogens is 2. The number of carbonyl (C=O) groups is 1. The molecule has 0 unspecified atom stereocenters. The van der Waals surface area contributed by atoms with Crippen molar-refractivity contribution in [1.82, 2.24) is 9.55 Å². The van der Waals surface area contributed by atoms with E-state index in [2.05, 4.69) is 10.3 Å². The van der Waals surface area contributed by atoms with E-state index < -0.39 is 5.97 Å². The molecule has 0 saturated carbocycles. The molecule has 2 rings (SSSR count). The molecule has 0 fully saturated rings. The molecular weight excluding hydrogens is 254 g/mol. The maximum absolute atomic E-state index is 11.2. The van der Waals surface area contributed by atoms with Crippen molar-refractivity contribution in [2.24, 2.45) is 0 Å². The first-order valence-electron chi connectivity index (χ1n) is 6.71. The van der Waals surface area contributed by atoms with Crippen LogP contribution in [0.3, 0.4) is 0 Å². The molecule has 20 heavy (non-hydrogen) atoms. The van der Waals surface area contributed by atoms with Gasteiger partial charge in [-0.1, -0.05) is 12.1 Å². The summed E-state index contributed by atoms with van der Waals surface area (Å²) in [7, 11) is 0. The second-order valence-corrected chi connectivity index (χ2v) is 4.74. The number of aryl methyl sites for hydroxylation is 2. The van der Waals surface area contributed by atoms with Crippen LogP contribution in [0.4, 0.5) is 5.69 Å². The lowest BCUT2D eigenvalue weighted by atomic mass is 10.1. The number of unbranched alkanes of at least 4 members (excludes halogenated alkanes) is 1. The molecule has 0 bridgehead atoms. The largest absolute Gasteiger partial charge is 0.478 e. The predicted octanol–water partition coefficient (Wildman–Crippen LogP) is 2.78. The molecular formula is C15H19N3O2. The Bertz CT molecular complexity index is 565. The van der Waals surface area contributed by atoms with Crippen molar-refractivity contribution >= 4 is 11.7 Å². The van der Waals surface area contributed by atoms with E-state index in [1.165, 1.54) is 0 Å². The summed E-state index contributed by atoms with van der Waals surface area (Å²) in [6.07, 6.45) is 7.52. The third-order valence-corrected chi connectivity index (χ3v) is 3.21. The van der Waals surface area contributed by atoms with Gasteiger partial charge in [0, 0.05) is 25.5 Å². The van der Waals surface area contributed by atoms with Gasteiger partial charge in [0.25, 0.3) is 0 Å². The van der Waals surface area contributed by atoms with Gasteiger partial charge in [-0.2, -0.15) is 0 Å². The Morgan fingerprint density at radius 1 is 1.40 bits per heavy atom. The van der Waals surface area contributed by atoms with E-state index in [0.717, 1.165) is 37.2 Å². The van der Waals surface area contributed by atoms with Crippen LogP contribution in [-0.2, 0) is 6.54 Å². The molecule has 2 aromatic rings. The van der Waals surface area contributed by atoms with Crippen LogP contribution < -0.4 is 5.32 Å². The van der Waals surface area contributed by atoms with Crippen molar-refractivity contribution in [3.8, 4) is 0 Å². The van der Waals surface area contributed by atoms with Gasteiger partial charge in [-0.15, -0.1) is 0 Å². The molecule has 0 radical (unpaired) electrons. The summed E-state index contributed by atoms with van der Waals surface area (Å²) in [5, 5.41) is 12.4. The van der Waals surface area contributed by atoms with Gasteiger partial charge in [0.05, 0.1) is 17.6 Å². The Balaban J connectivity index is 1.83. The molecule has 106 valence electrons. The van der Waals surface area contributed by atoms with E-state index in [9.17, 15) is 4.79 Å². The summed E-state index contributed by atoms with van der Waals surface area (Å²) >= 11 is 0. The van der Waals surface area contributed by atoms with Crippen molar-refractivity contribution < 1.29 is 9.90 Å². The van der Waals surface area contributed by atoms with Crippen LogP contribution in [0.1, 0.15) is 28.8 Å². The van der Waals surface area contributed by atoms with E-state index in [1.807, 2.05) is 23.8 Å². The average molecular weight is 273 g/mol. The van der Waals surface area contributed by atoms with Crippen molar-refractivity contribution in [2.45, 2.75) is 26.3 Å². The predicted molar refractivity (Wildman–Crippen MR) is 78.1 cm³/mol. The number of para-hydroxylation sites is 1. The molecule has 0 amide bonds. The molecule has 0 aliphatic heterocycles. The lowest BCUT2D eigenvalue weighted by Gasteiger charge is -2.12. The highest BCUT2D eigenvalue weighted by atomic mass is 16.4. The summed E-state index contributed by atoms with van der Waals surface area (Å²) in [4.78, 5) is 15.2. The summed E-state index contributed by atoms with van der Waals surface area (Å²) < 4.78 is 2.04. The first-order chi connectivity index (χ1) is 9.68. The number of benzene rings is 1. The minimum absolute atomic E-state index is 0.333. The molecule has 1 aromatic carbocycles. The fourth-order valence-electron chi connectivity index (χ4n) is 2.13. The smallest absolute Gasteiger partial charge is 0.337 e. The zero-order valence-electron chi connectivity index (χ0n) is 11.5. The van der Waals surface area contributed by atoms with Gasteiger partial charge in [0.15, 0.2) is 0 Å². The standard InChI is InChI=1S/C15H19N3O2/c1-12-5-4-6-13(15(19)20)14(12)17-7-2-3-9-18-10-8-16-11-18/h4-6,8,10-11,17H,2-3,7,9H2,1H3,(H,19,20). The molecule has 0 aliphatic rings. The van der Waals surface area contributed by atoms with Crippen molar-refractivity contribution in [2.75, 3.05) is 11.9 Å². The Morgan fingerprint density at radius 3 is 2.95 bits per heavy atom. The number of hydrogen-bond acceptors (Lipinski definition) is 3. The molecule has 0 spiro atoms. The fourth-order valence-corrected chi connectivity index (χ4v) is 2.13. The van der Waals surface area contributed by atoms with Crippen LogP contribution in [0.5, 0.6) is 0 Å². The highest BCUT2D eigenvalue weighted by molar-refractivity contribution is 5.95. The van der Waals surface area contributed by atoms with Crippen LogP contribution >= 0.6 is 0 Å². The zero-order chi connectivity index (χ0) is 14.4. The summed E-state index contributed by atoms with van der Waals surface area (Å²) in [5.41, 5.74) is 2.02. The highest BCUT2D eigenvalue weighted by Crippen LogP contribution is 2.20. The number of aromatic carboxylic acids is 1. The van der Waals surface area contributed by atoms with Gasteiger partial charge in [-0.3, -0.25) is 0 Å². The van der Waals surface area contributed by atoms with Gasteiger partial charge in [-0.25, -0.2) is 9.78 Å². The average Bonchev–Trinajstić information content (AvgIpc) is 2.92. The summed E-state index contributed by atoms with van der Waals surface area (Å²) in [5.74, 6) is -0.894. The lowest BCUT2D eigenvalue weighted by Crippen LogP contribution is -2.09. The lowest BCUT2D eigenvalue weighted by molar-refractivity contribution is 0.0698. The van der Waals surface area contributed by atoms with Crippen LogP contribution in [0.25, 0.3) is 0 Å². The number of carboxylic acid groups (broad SMARTS) is 1. The van der Waals surface area contributed by atoms with Crippen LogP contribution in [0.15, 0.2) is 36.9 Å². The number of carboxylic acids is 1. The van der Waals surface area contributed by atoms with E-state index in [4.69, 9.17) is 5.11 Å². The maximum Gasteiger partial charge on any atom is 0.337 e. The Morgan fingerprint density at radius 2 is 2.25 bits per heavy atom. The topological polar surface area (TPSA) is 67.2 Å². The fraction of sp³-hybridized carbons (Fsp3) is 0.333. The van der Waals surface area contributed by atoms with Crippen LogP contribution in [0, 0.1) is 6.92 Å². The summed E-state index contributed by atoms with van der Waals surface area (Å²) in [6.45, 7) is 3.61. The molecule has 1 heterocycles. The number of imidazole rings is 1. The highest BCUT2D eigenvalue weighted by Gasteiger charge is 2.10. The number of nitrogens with one attached hydrogen (secondary N) is 1. The zero-order valence-corrected chi connectivity index (χ0v) is 11.5. The monoisotopic (exact) mass is 273 g/mol. The van der Waals surface area contributed by atoms with Crippen molar-refractivity contribution in [3.05, 3.63) is 48.0 Å². The quantitative estimate of drug-likeness (QED) is 0.761. The van der Waals surface area contributed by atoms with E-state index in [0.29, 0.717) is 5.56 Å². The minimum Gasteiger partial charge on any atom is -0.478 e. The first-order valence-corrected chi connectivity index (χ1v) is 6.71. The van der Waals surface area contributed by atoms with Gasteiger partial charge in [0.2, 0.25) is 0 Å². The Hall–Kier alpha value is -2.30. The maximum atomic E-state index is 11.2. The van der Waals surface area contributed by atoms with Crippen molar-refractivity contribution in [3.63, 3.8) is 0 Å². The SMILES string of the molecule is Cc1cccc(C(=O)O)c1NCCCCn1ccnc1. The van der Waals surface area contributed by atoms with E-state index >= 15 is 0 Å². The van der Waals surface area contributed by atoms with Gasteiger partial charge < -0.3 is 15.0 Å². The van der Waals surface area contributed by atoms with Crippen LogP contribution in [-0.4, -0.2) is 27.2 Å². The Kier molecular flexibility index (Phi) is 4.76. The number of rotatable bonds is 7. The minimum atomic E-state index is -0.894. The van der Waals surface area contributed by atoms with E-state index in [-0.39, 0.29) is 0 Å². The Labute approximate surface area is 118 Å². The number of anilines is 1. The second-order valence-electron chi connectivity index (χ2n) is 4.74. The molecule has 0 saturated heterocycles. The van der Waals surface area contributed by atoms with Crippen molar-refractivity contribution in [1.29, 1.82) is 0 Å². The first kappa shape index (κ1) is 14.1. The van der Waals surface area contributed by atoms with Crippen LogP contribution in [0.2, 0.25) is 0 Å². The van der Waals surface area contributed by atoms with E-state index in [1.54, 1.807) is 24.7 Å². The van der Waals surface area contributed by atoms with Gasteiger partial charge in [-0.05, 0) is 31.4 Å². The molecule has 2 N–H and O–H groups in total. The molecule has 1 aromatic heterocycles. The second kappa shape index (κ2) is 6.75. The molecule has 5 nitrogen and oxygen atoms in total. The number of hydrogen-bond donors (Lipinski definition) is 2. The number of nitrogens with zero attached hydrogens (tertiary/aromatic N) is 2. The van der Waals surface area contributed by atoms with Gasteiger partial charge >= 0.3 is 5.97 Å². The molecule has 0 aliphatic carbocycles.